The van der Waals surface area contributed by atoms with Gasteiger partial charge in [-0.1, -0.05) is 55.6 Å². The Morgan fingerprint density at radius 1 is 1.25 bits per heavy atom. The van der Waals surface area contributed by atoms with E-state index in [2.05, 4.69) is 34.4 Å². The normalized spacial score (nSPS) is 24.8. The van der Waals surface area contributed by atoms with Crippen molar-refractivity contribution in [2.45, 2.75) is 57.0 Å². The Morgan fingerprint density at radius 3 is 2.86 bits per heavy atom. The maximum absolute atomic E-state index is 13.0. The van der Waals surface area contributed by atoms with Gasteiger partial charge in [0, 0.05) is 24.1 Å². The molecule has 28 heavy (non-hydrogen) atoms. The standard InChI is InChI=1S/C23H26ClN3O/c1-15-6-2-4-8-19(15)27-23(28)21-13-17(12-16-10-11-22(24)25-14-16)18-7-3-5-9-20(18)26-21/h3,5,7,9-10,13-15,19,22H,2,4,6,8,11-12H2,1H3,(H,27,28)/t15?,19-,22?/m1/s1. The quantitative estimate of drug-likeness (QED) is 0.581. The zero-order valence-electron chi connectivity index (χ0n) is 16.2. The Balaban J connectivity index is 1.62. The van der Waals surface area contributed by atoms with Crippen molar-refractivity contribution in [1.82, 2.24) is 10.3 Å². The molecule has 2 aromatic rings. The summed E-state index contributed by atoms with van der Waals surface area (Å²) in [6, 6.07) is 10.2. The van der Waals surface area contributed by atoms with Gasteiger partial charge >= 0.3 is 0 Å². The van der Waals surface area contributed by atoms with Crippen molar-refractivity contribution in [2.75, 3.05) is 0 Å². The van der Waals surface area contributed by atoms with Crippen LogP contribution in [0, 0.1) is 5.92 Å². The molecule has 3 atom stereocenters. The number of amides is 1. The predicted octanol–water partition coefficient (Wildman–Crippen LogP) is 5.05. The maximum atomic E-state index is 13.0. The molecule has 1 fully saturated rings. The fourth-order valence-corrected chi connectivity index (χ4v) is 4.31. The zero-order chi connectivity index (χ0) is 19.5. The van der Waals surface area contributed by atoms with Crippen molar-refractivity contribution in [3.8, 4) is 0 Å². The van der Waals surface area contributed by atoms with Gasteiger partial charge in [0.1, 0.15) is 11.2 Å². The summed E-state index contributed by atoms with van der Waals surface area (Å²) in [5.74, 6) is 0.447. The van der Waals surface area contributed by atoms with E-state index < -0.39 is 0 Å². The van der Waals surface area contributed by atoms with Crippen molar-refractivity contribution >= 4 is 34.6 Å². The molecule has 2 aliphatic rings. The van der Waals surface area contributed by atoms with Crippen LogP contribution < -0.4 is 5.32 Å². The topological polar surface area (TPSA) is 54.4 Å². The molecule has 4 rings (SSSR count). The molecule has 2 heterocycles. The third-order valence-corrected chi connectivity index (χ3v) is 6.12. The number of para-hydroxylation sites is 1. The van der Waals surface area contributed by atoms with Gasteiger partial charge in [0.25, 0.3) is 5.91 Å². The van der Waals surface area contributed by atoms with Gasteiger partial charge in [0.2, 0.25) is 0 Å². The van der Waals surface area contributed by atoms with E-state index in [0.29, 0.717) is 11.6 Å². The number of rotatable bonds is 4. The van der Waals surface area contributed by atoms with Gasteiger partial charge in [-0.2, -0.15) is 0 Å². The van der Waals surface area contributed by atoms with E-state index >= 15 is 0 Å². The second kappa shape index (κ2) is 8.44. The molecule has 0 bridgehead atoms. The lowest BCUT2D eigenvalue weighted by atomic mass is 9.86. The Hall–Kier alpha value is -2.20. The predicted molar refractivity (Wildman–Crippen MR) is 115 cm³/mol. The third kappa shape index (κ3) is 4.27. The average molecular weight is 396 g/mol. The van der Waals surface area contributed by atoms with Crippen LogP contribution in [0.25, 0.3) is 10.9 Å². The number of alkyl halides is 1. The summed E-state index contributed by atoms with van der Waals surface area (Å²) in [5.41, 5.74) is 3.40. The highest BCUT2D eigenvalue weighted by Crippen LogP contribution is 2.25. The number of nitrogens with zero attached hydrogens (tertiary/aromatic N) is 2. The molecule has 1 aromatic heterocycles. The molecule has 146 valence electrons. The number of fused-ring (bicyclic) bond motifs is 1. The van der Waals surface area contributed by atoms with Gasteiger partial charge in [-0.05, 0) is 48.4 Å². The van der Waals surface area contributed by atoms with Crippen molar-refractivity contribution in [3.63, 3.8) is 0 Å². The third-order valence-electron chi connectivity index (χ3n) is 5.83. The summed E-state index contributed by atoms with van der Waals surface area (Å²) in [5, 5.41) is 4.30. The first kappa shape index (κ1) is 19.1. The van der Waals surface area contributed by atoms with Crippen molar-refractivity contribution < 1.29 is 4.79 Å². The number of pyridine rings is 1. The minimum Gasteiger partial charge on any atom is -0.348 e. The number of dihydropyridines is 1. The number of nitrogens with one attached hydrogen (secondary N) is 1. The van der Waals surface area contributed by atoms with Gasteiger partial charge in [0.15, 0.2) is 0 Å². The number of hydrogen-bond acceptors (Lipinski definition) is 3. The van der Waals surface area contributed by atoms with Crippen LogP contribution in [0.3, 0.4) is 0 Å². The first-order valence-corrected chi connectivity index (χ1v) is 10.6. The van der Waals surface area contributed by atoms with Crippen LogP contribution >= 0.6 is 11.6 Å². The van der Waals surface area contributed by atoms with Crippen LogP contribution in [0.5, 0.6) is 0 Å². The van der Waals surface area contributed by atoms with E-state index in [9.17, 15) is 4.79 Å². The number of carbonyl (C=O) groups is 1. The smallest absolute Gasteiger partial charge is 0.270 e. The molecule has 1 aliphatic carbocycles. The summed E-state index contributed by atoms with van der Waals surface area (Å²) in [6.45, 7) is 2.22. The molecule has 1 saturated carbocycles. The Morgan fingerprint density at radius 2 is 2.07 bits per heavy atom. The Labute approximate surface area is 171 Å². The summed E-state index contributed by atoms with van der Waals surface area (Å²) < 4.78 is 0. The van der Waals surface area contributed by atoms with Crippen LogP contribution in [-0.4, -0.2) is 28.6 Å². The second-order valence-electron chi connectivity index (χ2n) is 7.93. The molecule has 0 radical (unpaired) electrons. The zero-order valence-corrected chi connectivity index (χ0v) is 17.0. The minimum atomic E-state index is -0.170. The molecule has 2 unspecified atom stereocenters. The highest BCUT2D eigenvalue weighted by Gasteiger charge is 2.24. The first-order chi connectivity index (χ1) is 13.6. The van der Waals surface area contributed by atoms with Gasteiger partial charge in [-0.25, -0.2) is 4.98 Å². The summed E-state index contributed by atoms with van der Waals surface area (Å²) in [7, 11) is 0. The second-order valence-corrected chi connectivity index (χ2v) is 8.43. The van der Waals surface area contributed by atoms with E-state index in [0.717, 1.165) is 41.3 Å². The molecule has 4 nitrogen and oxygen atoms in total. The molecule has 0 saturated heterocycles. The fourth-order valence-electron chi connectivity index (χ4n) is 4.16. The van der Waals surface area contributed by atoms with Crippen LogP contribution in [0.15, 0.2) is 47.0 Å². The van der Waals surface area contributed by atoms with E-state index in [-0.39, 0.29) is 17.5 Å². The number of aromatic nitrogens is 1. The van der Waals surface area contributed by atoms with Crippen molar-refractivity contribution in [2.24, 2.45) is 10.9 Å². The van der Waals surface area contributed by atoms with E-state index in [1.807, 2.05) is 30.5 Å². The van der Waals surface area contributed by atoms with E-state index in [4.69, 9.17) is 11.6 Å². The van der Waals surface area contributed by atoms with Crippen LogP contribution in [-0.2, 0) is 6.42 Å². The molecular weight excluding hydrogens is 370 g/mol. The molecule has 1 amide bonds. The van der Waals surface area contributed by atoms with Gasteiger partial charge in [-0.3, -0.25) is 9.79 Å². The lowest BCUT2D eigenvalue weighted by Crippen LogP contribution is -2.41. The number of benzene rings is 1. The van der Waals surface area contributed by atoms with E-state index in [1.54, 1.807) is 0 Å². The fraction of sp³-hybridized carbons (Fsp3) is 0.435. The number of halogens is 1. The summed E-state index contributed by atoms with van der Waals surface area (Å²) in [6.07, 6.45) is 10.1. The largest absolute Gasteiger partial charge is 0.348 e. The lowest BCUT2D eigenvalue weighted by Gasteiger charge is -2.29. The number of aliphatic imine (C=N–C) groups is 1. The summed E-state index contributed by atoms with van der Waals surface area (Å²) in [4.78, 5) is 21.9. The summed E-state index contributed by atoms with van der Waals surface area (Å²) >= 11 is 6.05. The SMILES string of the molecule is CC1CCCC[C@H]1NC(=O)c1cc(CC2=CCC(Cl)N=C2)c2ccccc2n1. The lowest BCUT2D eigenvalue weighted by molar-refractivity contribution is 0.0905. The maximum Gasteiger partial charge on any atom is 0.270 e. The van der Waals surface area contributed by atoms with Crippen molar-refractivity contribution in [1.29, 1.82) is 0 Å². The molecule has 1 aliphatic heterocycles. The monoisotopic (exact) mass is 395 g/mol. The van der Waals surface area contributed by atoms with Crippen LogP contribution in [0.2, 0.25) is 0 Å². The molecule has 1 N–H and O–H groups in total. The van der Waals surface area contributed by atoms with Gasteiger partial charge in [-0.15, -0.1) is 0 Å². The Kier molecular flexibility index (Phi) is 5.77. The Bertz CT molecular complexity index is 937. The van der Waals surface area contributed by atoms with Gasteiger partial charge in [0.05, 0.1) is 5.52 Å². The number of carbonyl (C=O) groups excluding carboxylic acids is 1. The average Bonchev–Trinajstić information content (AvgIpc) is 2.71. The van der Waals surface area contributed by atoms with Crippen LogP contribution in [0.1, 0.15) is 55.1 Å². The highest BCUT2D eigenvalue weighted by atomic mass is 35.5. The first-order valence-electron chi connectivity index (χ1n) is 10.2. The minimum absolute atomic E-state index is 0.0714. The van der Waals surface area contributed by atoms with Crippen LogP contribution in [0.4, 0.5) is 0 Å². The van der Waals surface area contributed by atoms with Gasteiger partial charge < -0.3 is 5.32 Å². The molecule has 5 heteroatoms. The van der Waals surface area contributed by atoms with E-state index in [1.165, 1.54) is 19.3 Å². The molecule has 1 aromatic carbocycles. The molecular formula is C23H26ClN3O. The number of hydrogen-bond donors (Lipinski definition) is 1. The number of allylic oxidation sites excluding steroid dienone is 1. The van der Waals surface area contributed by atoms with Crippen molar-refractivity contribution in [3.05, 3.63) is 53.2 Å². The highest BCUT2D eigenvalue weighted by molar-refractivity contribution is 6.21. The molecule has 0 spiro atoms.